The molecule has 2 heterocycles. The standard InChI is InChI=1S/C11H19BN2O3/c1-10(2)11(3,4)17-12(16-10)9-7-13-14(8-9)5-6-15/h7-8,15H,5-6H2,1-4H3/i5D2,6D2. The molecular weight excluding hydrogens is 219 g/mol. The summed E-state index contributed by atoms with van der Waals surface area (Å²) in [5, 5.41) is 13.1. The average molecular weight is 242 g/mol. The first-order chi connectivity index (χ1) is 9.28. The zero-order chi connectivity index (χ0) is 16.3. The summed E-state index contributed by atoms with van der Waals surface area (Å²) in [6, 6.07) is 0. The molecule has 0 saturated carbocycles. The van der Waals surface area contributed by atoms with Gasteiger partial charge < -0.3 is 14.4 Å². The van der Waals surface area contributed by atoms with Gasteiger partial charge in [-0.3, -0.25) is 4.68 Å². The molecule has 1 N–H and O–H groups in total. The maximum atomic E-state index is 9.27. The minimum Gasteiger partial charge on any atom is -0.399 e. The lowest BCUT2D eigenvalue weighted by molar-refractivity contribution is 0.00578. The number of aromatic nitrogens is 2. The van der Waals surface area contributed by atoms with Gasteiger partial charge in [0.25, 0.3) is 0 Å². The van der Waals surface area contributed by atoms with Crippen LogP contribution in [-0.2, 0) is 15.8 Å². The molecule has 94 valence electrons. The third kappa shape index (κ3) is 2.25. The van der Waals surface area contributed by atoms with Crippen molar-refractivity contribution >= 4 is 12.6 Å². The molecule has 2 rings (SSSR count). The van der Waals surface area contributed by atoms with Gasteiger partial charge in [0.1, 0.15) is 0 Å². The molecule has 0 aromatic carbocycles. The normalized spacial score (nSPS) is 27.2. The Morgan fingerprint density at radius 3 is 2.53 bits per heavy atom. The van der Waals surface area contributed by atoms with Crippen LogP contribution >= 0.6 is 0 Å². The first-order valence-corrected chi connectivity index (χ1v) is 5.41. The van der Waals surface area contributed by atoms with E-state index in [1.807, 2.05) is 27.7 Å². The van der Waals surface area contributed by atoms with Crippen LogP contribution in [0.25, 0.3) is 0 Å². The quantitative estimate of drug-likeness (QED) is 0.768. The summed E-state index contributed by atoms with van der Waals surface area (Å²) in [6.45, 7) is 1.80. The molecule has 0 radical (unpaired) electrons. The van der Waals surface area contributed by atoms with E-state index in [4.69, 9.17) is 14.8 Å². The summed E-state index contributed by atoms with van der Waals surface area (Å²) in [6.07, 6.45) is 2.61. The fourth-order valence-corrected chi connectivity index (χ4v) is 1.55. The molecule has 17 heavy (non-hydrogen) atoms. The lowest BCUT2D eigenvalue weighted by atomic mass is 9.82. The van der Waals surface area contributed by atoms with Crippen LogP contribution in [0.4, 0.5) is 0 Å². The van der Waals surface area contributed by atoms with Gasteiger partial charge in [0, 0.05) is 17.9 Å². The molecule has 0 bridgehead atoms. The maximum absolute atomic E-state index is 9.27. The van der Waals surface area contributed by atoms with Crippen LogP contribution in [0.2, 0.25) is 0 Å². The smallest absolute Gasteiger partial charge is 0.399 e. The predicted molar refractivity (Wildman–Crippen MR) is 65.0 cm³/mol. The van der Waals surface area contributed by atoms with Crippen molar-refractivity contribution in [2.75, 3.05) is 6.56 Å². The van der Waals surface area contributed by atoms with Gasteiger partial charge in [-0.25, -0.2) is 0 Å². The van der Waals surface area contributed by atoms with Gasteiger partial charge in [0.2, 0.25) is 0 Å². The average Bonchev–Trinajstić information content (AvgIpc) is 2.81. The summed E-state index contributed by atoms with van der Waals surface area (Å²) in [5.74, 6) is 0. The Hall–Kier alpha value is -0.845. The molecule has 1 aliphatic rings. The van der Waals surface area contributed by atoms with Gasteiger partial charge in [-0.15, -0.1) is 0 Å². The van der Waals surface area contributed by atoms with E-state index in [1.165, 1.54) is 12.4 Å². The number of aliphatic hydroxyl groups is 1. The van der Waals surface area contributed by atoms with E-state index in [2.05, 4.69) is 5.10 Å². The van der Waals surface area contributed by atoms with Crippen molar-refractivity contribution in [3.63, 3.8) is 0 Å². The minimum atomic E-state index is -3.06. The van der Waals surface area contributed by atoms with E-state index in [1.54, 1.807) is 0 Å². The van der Waals surface area contributed by atoms with Crippen LogP contribution in [0.1, 0.15) is 33.2 Å². The molecule has 1 saturated heterocycles. The van der Waals surface area contributed by atoms with E-state index in [-0.39, 0.29) is 0 Å². The third-order valence-electron chi connectivity index (χ3n) is 3.29. The Balaban J connectivity index is 2.27. The molecule has 0 atom stereocenters. The monoisotopic (exact) mass is 242 g/mol. The van der Waals surface area contributed by atoms with Crippen molar-refractivity contribution in [2.45, 2.75) is 45.4 Å². The highest BCUT2D eigenvalue weighted by atomic mass is 16.7. The van der Waals surface area contributed by atoms with Crippen LogP contribution in [-0.4, -0.2) is 39.8 Å². The number of rotatable bonds is 3. The predicted octanol–water partition coefficient (Wildman–Crippen LogP) is 0.175. The van der Waals surface area contributed by atoms with Crippen molar-refractivity contribution < 1.29 is 19.9 Å². The van der Waals surface area contributed by atoms with Crippen LogP contribution in [0.3, 0.4) is 0 Å². The molecule has 6 heteroatoms. The van der Waals surface area contributed by atoms with Crippen LogP contribution in [0.5, 0.6) is 0 Å². The number of nitrogens with zero attached hydrogens (tertiary/aromatic N) is 2. The van der Waals surface area contributed by atoms with Crippen molar-refractivity contribution in [1.29, 1.82) is 0 Å². The van der Waals surface area contributed by atoms with E-state index in [0.29, 0.717) is 5.46 Å². The minimum absolute atomic E-state index is 0.460. The fourth-order valence-electron chi connectivity index (χ4n) is 1.55. The van der Waals surface area contributed by atoms with Gasteiger partial charge >= 0.3 is 7.12 Å². The highest BCUT2D eigenvalue weighted by Gasteiger charge is 2.52. The zero-order valence-corrected chi connectivity index (χ0v) is 10.4. The van der Waals surface area contributed by atoms with Crippen LogP contribution in [0.15, 0.2) is 12.4 Å². The lowest BCUT2D eigenvalue weighted by Crippen LogP contribution is -2.41. The van der Waals surface area contributed by atoms with Gasteiger partial charge in [0.05, 0.1) is 29.7 Å². The topological polar surface area (TPSA) is 56.5 Å². The highest BCUT2D eigenvalue weighted by molar-refractivity contribution is 6.61. The van der Waals surface area contributed by atoms with Gasteiger partial charge in [-0.2, -0.15) is 5.10 Å². The number of aryl methyl sites for hydroxylation is 1. The summed E-state index contributed by atoms with van der Waals surface area (Å²) >= 11 is 0. The summed E-state index contributed by atoms with van der Waals surface area (Å²) in [7, 11) is -0.718. The van der Waals surface area contributed by atoms with Gasteiger partial charge in [-0.05, 0) is 27.7 Å². The maximum Gasteiger partial charge on any atom is 0.498 e. The van der Waals surface area contributed by atoms with Crippen molar-refractivity contribution in [2.24, 2.45) is 0 Å². The van der Waals surface area contributed by atoms with Crippen LogP contribution in [0, 0.1) is 0 Å². The Morgan fingerprint density at radius 1 is 1.41 bits per heavy atom. The second-order valence-electron chi connectivity index (χ2n) is 5.03. The number of hydrogen-bond acceptors (Lipinski definition) is 4. The highest BCUT2D eigenvalue weighted by Crippen LogP contribution is 2.36. The molecule has 5 nitrogen and oxygen atoms in total. The molecule has 1 aromatic rings. The summed E-state index contributed by atoms with van der Waals surface area (Å²) in [4.78, 5) is 0. The fraction of sp³-hybridized carbons (Fsp3) is 0.727. The Bertz CT molecular complexity index is 526. The SMILES string of the molecule is [2H]C([2H])(O)C([2H])([2H])n1cc(B2OC(C)(C)C(C)(C)O2)cn1. The molecule has 1 aromatic heterocycles. The van der Waals surface area contributed by atoms with Crippen molar-refractivity contribution in [1.82, 2.24) is 9.78 Å². The van der Waals surface area contributed by atoms with Crippen LogP contribution < -0.4 is 5.46 Å². The van der Waals surface area contributed by atoms with Gasteiger partial charge in [-0.1, -0.05) is 0 Å². The zero-order valence-electron chi connectivity index (χ0n) is 14.4. The second kappa shape index (κ2) is 4.12. The molecular formula is C11H19BN2O3. The van der Waals surface area contributed by atoms with E-state index >= 15 is 0 Å². The first-order valence-electron chi connectivity index (χ1n) is 7.41. The lowest BCUT2D eigenvalue weighted by Gasteiger charge is -2.32. The van der Waals surface area contributed by atoms with E-state index < -0.39 is 31.4 Å². The molecule has 1 fully saturated rings. The van der Waals surface area contributed by atoms with E-state index in [0.717, 1.165) is 4.68 Å². The largest absolute Gasteiger partial charge is 0.498 e. The van der Waals surface area contributed by atoms with Gasteiger partial charge in [0.15, 0.2) is 0 Å². The Morgan fingerprint density at radius 2 is 2.00 bits per heavy atom. The van der Waals surface area contributed by atoms with Crippen molar-refractivity contribution in [3.8, 4) is 0 Å². The summed E-state index contributed by atoms with van der Waals surface area (Å²) in [5.41, 5.74) is -0.615. The summed E-state index contributed by atoms with van der Waals surface area (Å²) < 4.78 is 41.9. The molecule has 0 aliphatic carbocycles. The van der Waals surface area contributed by atoms with Crippen molar-refractivity contribution in [3.05, 3.63) is 12.4 Å². The number of hydrogen-bond donors (Lipinski definition) is 1. The molecule has 0 spiro atoms. The van der Waals surface area contributed by atoms with E-state index in [9.17, 15) is 5.11 Å². The Labute approximate surface area is 107 Å². The molecule has 0 unspecified atom stereocenters. The molecule has 0 amide bonds. The Kier molecular flexibility index (Phi) is 2.01. The third-order valence-corrected chi connectivity index (χ3v) is 3.29. The first kappa shape index (κ1) is 8.29. The second-order valence-corrected chi connectivity index (χ2v) is 5.03. The molecule has 1 aliphatic heterocycles.